The Morgan fingerprint density at radius 2 is 2.21 bits per heavy atom. The highest BCUT2D eigenvalue weighted by atomic mass is 35.5. The molecular formula is C14H12ClN5O4. The van der Waals surface area contributed by atoms with Gasteiger partial charge in [-0.25, -0.2) is 4.98 Å². The molecule has 0 radical (unpaired) electrons. The van der Waals surface area contributed by atoms with E-state index < -0.39 is 16.7 Å². The van der Waals surface area contributed by atoms with Gasteiger partial charge >= 0.3 is 11.7 Å². The topological polar surface area (TPSA) is 112 Å². The third-order valence-corrected chi connectivity index (χ3v) is 3.04. The Labute approximate surface area is 141 Å². The van der Waals surface area contributed by atoms with Crippen LogP contribution in [0.25, 0.3) is 0 Å². The molecule has 0 N–H and O–H groups in total. The van der Waals surface area contributed by atoms with Crippen LogP contribution in [0.4, 0.5) is 0 Å². The van der Waals surface area contributed by atoms with Crippen molar-refractivity contribution in [1.29, 1.82) is 0 Å². The van der Waals surface area contributed by atoms with E-state index in [1.807, 2.05) is 0 Å². The fraction of sp³-hybridized carbons (Fsp3) is 0.143. The van der Waals surface area contributed by atoms with E-state index in [0.29, 0.717) is 11.7 Å². The summed E-state index contributed by atoms with van der Waals surface area (Å²) in [7, 11) is 1.10. The second-order valence-electron chi connectivity index (χ2n) is 4.45. The quantitative estimate of drug-likeness (QED) is 0.272. The molecule has 2 rings (SSSR count). The summed E-state index contributed by atoms with van der Waals surface area (Å²) in [6.07, 6.45) is 3.27. The summed E-state index contributed by atoms with van der Waals surface area (Å²) in [6, 6.07) is 8.35. The summed E-state index contributed by atoms with van der Waals surface area (Å²) in [5.41, 5.74) is 1.04. The second-order valence-corrected chi connectivity index (χ2v) is 4.83. The fourth-order valence-corrected chi connectivity index (χ4v) is 1.90. The first-order valence-electron chi connectivity index (χ1n) is 6.61. The van der Waals surface area contributed by atoms with Gasteiger partial charge in [0.05, 0.1) is 6.54 Å². The Morgan fingerprint density at radius 3 is 2.83 bits per heavy atom. The molecule has 2 aromatic heterocycles. The zero-order valence-corrected chi connectivity index (χ0v) is 13.3. The summed E-state index contributed by atoms with van der Waals surface area (Å²) in [4.78, 5) is 33.8. The van der Waals surface area contributed by atoms with Gasteiger partial charge in [-0.3, -0.25) is 4.79 Å². The molecule has 0 aromatic carbocycles. The molecule has 0 atom stereocenters. The Balaban J connectivity index is 2.37. The molecule has 0 saturated heterocycles. The van der Waals surface area contributed by atoms with Gasteiger partial charge in [0.1, 0.15) is 17.8 Å². The summed E-state index contributed by atoms with van der Waals surface area (Å²) in [5, 5.41) is 14.3. The number of carbonyl (C=O) groups is 1. The summed E-state index contributed by atoms with van der Waals surface area (Å²) >= 11 is 5.74. The normalized spacial score (nSPS) is 12.1. The van der Waals surface area contributed by atoms with Gasteiger partial charge < -0.3 is 19.5 Å². The number of oxime groups is 1. The molecule has 1 amide bonds. The van der Waals surface area contributed by atoms with Crippen LogP contribution >= 0.6 is 11.6 Å². The Morgan fingerprint density at radius 1 is 1.42 bits per heavy atom. The summed E-state index contributed by atoms with van der Waals surface area (Å²) in [6.45, 7) is 0.354. The molecule has 0 bridgehead atoms. The molecule has 10 heteroatoms. The third kappa shape index (κ3) is 4.46. The molecule has 9 nitrogen and oxygen atoms in total. The van der Waals surface area contributed by atoms with E-state index in [1.165, 1.54) is 0 Å². The summed E-state index contributed by atoms with van der Waals surface area (Å²) < 4.78 is 1.63. The predicted octanol–water partition coefficient (Wildman–Crippen LogP) is 1.25. The zero-order chi connectivity index (χ0) is 17.5. The highest BCUT2D eigenvalue weighted by Gasteiger charge is 2.25. The minimum Gasteiger partial charge on any atom is -0.358 e. The fourth-order valence-electron chi connectivity index (χ4n) is 1.79. The van der Waals surface area contributed by atoms with Crippen molar-refractivity contribution >= 4 is 23.3 Å². The monoisotopic (exact) mass is 349 g/mol. The molecule has 0 aliphatic heterocycles. The molecular weight excluding hydrogens is 338 g/mol. The maximum Gasteiger partial charge on any atom is 0.476 e. The molecule has 0 spiro atoms. The average molecular weight is 350 g/mol. The molecule has 2 aromatic rings. The van der Waals surface area contributed by atoms with Crippen molar-refractivity contribution in [3.63, 3.8) is 0 Å². The number of hydrogen-bond donors (Lipinski definition) is 0. The van der Waals surface area contributed by atoms with Gasteiger partial charge in [0.15, 0.2) is 5.16 Å². The van der Waals surface area contributed by atoms with Crippen LogP contribution in [-0.2, 0) is 16.2 Å². The molecule has 0 aliphatic carbocycles. The first-order valence-corrected chi connectivity index (χ1v) is 6.99. The van der Waals surface area contributed by atoms with Crippen molar-refractivity contribution in [2.45, 2.75) is 6.54 Å². The van der Waals surface area contributed by atoms with E-state index in [0.717, 1.165) is 12.7 Å². The molecule has 124 valence electrons. The Bertz CT molecular complexity index is 845. The van der Waals surface area contributed by atoms with Crippen molar-refractivity contribution in [3.8, 4) is 0 Å². The van der Waals surface area contributed by atoms with E-state index in [9.17, 15) is 14.9 Å². The van der Waals surface area contributed by atoms with E-state index >= 15 is 0 Å². The van der Waals surface area contributed by atoms with Crippen LogP contribution in [-0.4, -0.2) is 33.3 Å². The van der Waals surface area contributed by atoms with Crippen LogP contribution < -0.4 is 5.49 Å². The lowest BCUT2D eigenvalue weighted by Crippen LogP contribution is -2.27. The van der Waals surface area contributed by atoms with E-state index in [4.69, 9.17) is 11.6 Å². The van der Waals surface area contributed by atoms with Crippen LogP contribution in [0.3, 0.4) is 0 Å². The number of rotatable bonds is 3. The molecule has 2 heterocycles. The third-order valence-electron chi connectivity index (χ3n) is 2.82. The van der Waals surface area contributed by atoms with Gasteiger partial charge in [-0.15, -0.1) is 0 Å². The number of nitro groups is 1. The molecule has 24 heavy (non-hydrogen) atoms. The first-order chi connectivity index (χ1) is 11.5. The number of carbonyl (C=O) groups excluding carboxylic acids is 1. The Kier molecular flexibility index (Phi) is 5.74. The van der Waals surface area contributed by atoms with E-state index in [1.54, 1.807) is 47.3 Å². The van der Waals surface area contributed by atoms with Gasteiger partial charge in [-0.1, -0.05) is 23.7 Å². The van der Waals surface area contributed by atoms with Crippen molar-refractivity contribution in [3.05, 3.63) is 69.0 Å². The largest absolute Gasteiger partial charge is 0.476 e. The molecule has 0 saturated carbocycles. The first kappa shape index (κ1) is 17.3. The lowest BCUT2D eigenvalue weighted by molar-refractivity contribution is -0.351. The van der Waals surface area contributed by atoms with Crippen LogP contribution in [0.5, 0.6) is 0 Å². The maximum atomic E-state index is 11.9. The number of amidine groups is 1. The molecule has 0 aliphatic rings. The van der Waals surface area contributed by atoms with Gasteiger partial charge in [0.25, 0.3) is 0 Å². The SMILES string of the molecule is CO/N=C(/C(=O)/N=c1\ccccn1Cc1ccc(Cl)nc1)[N+](=O)[O-]. The van der Waals surface area contributed by atoms with Gasteiger partial charge in [0.2, 0.25) is 0 Å². The van der Waals surface area contributed by atoms with Crippen molar-refractivity contribution < 1.29 is 14.6 Å². The van der Waals surface area contributed by atoms with E-state index in [-0.39, 0.29) is 5.49 Å². The van der Waals surface area contributed by atoms with Crippen molar-refractivity contribution in [1.82, 2.24) is 9.55 Å². The number of pyridine rings is 2. The zero-order valence-electron chi connectivity index (χ0n) is 12.5. The van der Waals surface area contributed by atoms with Crippen LogP contribution in [0.1, 0.15) is 5.56 Å². The smallest absolute Gasteiger partial charge is 0.358 e. The highest BCUT2D eigenvalue weighted by molar-refractivity contribution is 6.34. The van der Waals surface area contributed by atoms with Crippen molar-refractivity contribution in [2.24, 2.45) is 10.1 Å². The molecule has 0 fully saturated rings. The average Bonchev–Trinajstić information content (AvgIpc) is 2.56. The lowest BCUT2D eigenvalue weighted by atomic mass is 10.3. The van der Waals surface area contributed by atoms with Gasteiger partial charge in [-0.05, 0) is 28.7 Å². The lowest BCUT2D eigenvalue weighted by Gasteiger charge is -2.06. The van der Waals surface area contributed by atoms with Gasteiger partial charge in [0, 0.05) is 12.4 Å². The number of nitrogens with zero attached hydrogens (tertiary/aromatic N) is 5. The number of aromatic nitrogens is 2. The maximum absolute atomic E-state index is 11.9. The van der Waals surface area contributed by atoms with Crippen LogP contribution in [0.2, 0.25) is 5.15 Å². The minimum absolute atomic E-state index is 0.225. The second kappa shape index (κ2) is 7.97. The number of hydrogen-bond acceptors (Lipinski definition) is 6. The van der Waals surface area contributed by atoms with E-state index in [2.05, 4.69) is 20.0 Å². The Hall–Kier alpha value is -3.07. The number of halogens is 1. The predicted molar refractivity (Wildman–Crippen MR) is 84.8 cm³/mol. The number of amides is 1. The van der Waals surface area contributed by atoms with Crippen LogP contribution in [0, 0.1) is 10.1 Å². The van der Waals surface area contributed by atoms with Gasteiger partial charge in [-0.2, -0.15) is 4.99 Å². The molecule has 0 unspecified atom stereocenters. The minimum atomic E-state index is -1.11. The highest BCUT2D eigenvalue weighted by Crippen LogP contribution is 2.06. The van der Waals surface area contributed by atoms with Crippen LogP contribution in [0.15, 0.2) is 52.9 Å². The van der Waals surface area contributed by atoms with Crippen molar-refractivity contribution in [2.75, 3.05) is 7.11 Å². The standard InChI is InChI=1S/C14H12ClN5O4/c1-24-18-13(20(22)23)14(21)17-12-4-2-3-7-19(12)9-10-5-6-11(15)16-8-10/h2-8H,9H2,1H3/b17-12+,18-13-. The summed E-state index contributed by atoms with van der Waals surface area (Å²) in [5.74, 6) is -2.11.